The summed E-state index contributed by atoms with van der Waals surface area (Å²) < 4.78 is 1.17. The molecule has 1 rings (SSSR count). The Hall–Kier alpha value is -0.235. The van der Waals surface area contributed by atoms with Gasteiger partial charge in [0, 0.05) is 4.47 Å². The van der Waals surface area contributed by atoms with Crippen molar-refractivity contribution in [3.05, 3.63) is 28.2 Å². The van der Waals surface area contributed by atoms with Gasteiger partial charge in [-0.05, 0) is 17.5 Å². The first kappa shape index (κ1) is 9.85. The van der Waals surface area contributed by atoms with Gasteiger partial charge in [0.25, 0.3) is 0 Å². The molecule has 63 valence electrons. The highest BCUT2D eigenvalue weighted by atomic mass is 79.9. The molecule has 0 heterocycles. The first-order valence-corrected chi connectivity index (χ1v) is 5.02. The molecule has 0 amide bonds. The van der Waals surface area contributed by atoms with E-state index in [1.807, 2.05) is 0 Å². The third-order valence-corrected chi connectivity index (χ3v) is 2.40. The molecule has 0 aliphatic rings. The Morgan fingerprint density at radius 2 is 1.92 bits per heavy atom. The summed E-state index contributed by atoms with van der Waals surface area (Å²) in [5.74, 6) is 0.598. The van der Waals surface area contributed by atoms with E-state index in [0.29, 0.717) is 5.92 Å². The highest BCUT2D eigenvalue weighted by Gasteiger charge is 2.01. The van der Waals surface area contributed by atoms with Gasteiger partial charge in [-0.3, -0.25) is 0 Å². The molecule has 0 aliphatic heterocycles. The van der Waals surface area contributed by atoms with Crippen LogP contribution in [-0.4, -0.2) is 7.28 Å². The number of hydrogen-bond donors (Lipinski definition) is 0. The predicted molar refractivity (Wildman–Crippen MR) is 59.5 cm³/mol. The number of hydrogen-bond acceptors (Lipinski definition) is 0. The summed E-state index contributed by atoms with van der Waals surface area (Å²) in [4.78, 5) is 0. The van der Waals surface area contributed by atoms with Crippen LogP contribution in [0.2, 0.25) is 6.82 Å². The van der Waals surface area contributed by atoms with Crippen molar-refractivity contribution in [1.29, 1.82) is 0 Å². The summed E-state index contributed by atoms with van der Waals surface area (Å²) in [6, 6.07) is 6.54. The Morgan fingerprint density at radius 1 is 1.25 bits per heavy atom. The molecule has 1 aromatic carbocycles. The predicted octanol–water partition coefficient (Wildman–Crippen LogP) is 2.95. The van der Waals surface area contributed by atoms with Crippen LogP contribution in [0.15, 0.2) is 22.7 Å². The van der Waals surface area contributed by atoms with Crippen LogP contribution in [0.1, 0.15) is 25.3 Å². The molecule has 0 saturated carbocycles. The fourth-order valence-corrected chi connectivity index (χ4v) is 1.66. The van der Waals surface area contributed by atoms with Crippen LogP contribution in [0.3, 0.4) is 0 Å². The van der Waals surface area contributed by atoms with Crippen LogP contribution in [-0.2, 0) is 0 Å². The Labute approximate surface area is 83.7 Å². The monoisotopic (exact) mass is 223 g/mol. The third-order valence-electron chi connectivity index (χ3n) is 1.94. The lowest BCUT2D eigenvalue weighted by atomic mass is 9.72. The lowest BCUT2D eigenvalue weighted by Crippen LogP contribution is -2.11. The Balaban J connectivity index is 3.06. The quantitative estimate of drug-likeness (QED) is 0.677. The van der Waals surface area contributed by atoms with Crippen molar-refractivity contribution in [1.82, 2.24) is 0 Å². The summed E-state index contributed by atoms with van der Waals surface area (Å²) >= 11 is 3.50. The Bertz CT molecular complexity index is 269. The molecule has 0 atom stereocenters. The fourth-order valence-electron chi connectivity index (χ4n) is 1.14. The standard InChI is InChI=1S/C10H13BBr/c1-7(2)8-4-9(11-3)6-10(12)5-8/h4-7H,1-3H3. The molecule has 0 nitrogen and oxygen atoms in total. The van der Waals surface area contributed by atoms with Gasteiger partial charge in [0.15, 0.2) is 0 Å². The molecule has 1 radical (unpaired) electrons. The van der Waals surface area contributed by atoms with Crippen molar-refractivity contribution in [2.24, 2.45) is 0 Å². The third kappa shape index (κ3) is 2.38. The first-order chi connectivity index (χ1) is 5.63. The molecule has 1 aromatic rings. The summed E-state index contributed by atoms with van der Waals surface area (Å²) in [7, 11) is 2.12. The largest absolute Gasteiger partial charge is 0.148 e. The van der Waals surface area contributed by atoms with E-state index in [9.17, 15) is 0 Å². The van der Waals surface area contributed by atoms with Crippen LogP contribution in [0.4, 0.5) is 0 Å². The van der Waals surface area contributed by atoms with Crippen molar-refractivity contribution < 1.29 is 0 Å². The highest BCUT2D eigenvalue weighted by Crippen LogP contribution is 2.17. The van der Waals surface area contributed by atoms with E-state index in [1.54, 1.807) is 0 Å². The highest BCUT2D eigenvalue weighted by molar-refractivity contribution is 9.10. The Morgan fingerprint density at radius 3 is 2.42 bits per heavy atom. The number of rotatable bonds is 2. The lowest BCUT2D eigenvalue weighted by molar-refractivity contribution is 0.867. The molecule has 0 bridgehead atoms. The maximum atomic E-state index is 3.50. The van der Waals surface area contributed by atoms with E-state index >= 15 is 0 Å². The SMILES string of the molecule is C[B]c1cc(Br)cc(C(C)C)c1. The summed E-state index contributed by atoms with van der Waals surface area (Å²) in [6.45, 7) is 6.48. The molecule has 0 unspecified atom stereocenters. The first-order valence-electron chi connectivity index (χ1n) is 4.23. The average molecular weight is 224 g/mol. The summed E-state index contributed by atoms with van der Waals surface area (Å²) in [6.07, 6.45) is 0. The second kappa shape index (κ2) is 4.13. The maximum Gasteiger partial charge on any atom is 0.148 e. The zero-order valence-corrected chi connectivity index (χ0v) is 9.35. The minimum Gasteiger partial charge on any atom is -0.0872 e. The molecule has 0 fully saturated rings. The van der Waals surface area contributed by atoms with E-state index in [4.69, 9.17) is 0 Å². The van der Waals surface area contributed by atoms with E-state index in [1.165, 1.54) is 15.5 Å². The van der Waals surface area contributed by atoms with Gasteiger partial charge >= 0.3 is 0 Å². The smallest absolute Gasteiger partial charge is 0.0872 e. The molecular weight excluding hydrogens is 211 g/mol. The average Bonchev–Trinajstić information content (AvgIpc) is 2.03. The van der Waals surface area contributed by atoms with Crippen LogP contribution < -0.4 is 5.46 Å². The summed E-state index contributed by atoms with van der Waals surface area (Å²) in [5, 5.41) is 0. The minimum absolute atomic E-state index is 0.598. The van der Waals surface area contributed by atoms with Gasteiger partial charge in [-0.25, -0.2) is 0 Å². The molecule has 2 heteroatoms. The van der Waals surface area contributed by atoms with Crippen LogP contribution >= 0.6 is 15.9 Å². The van der Waals surface area contributed by atoms with Gasteiger partial charge in [-0.15, -0.1) is 0 Å². The van der Waals surface area contributed by atoms with Crippen molar-refractivity contribution >= 4 is 28.7 Å². The number of benzene rings is 1. The summed E-state index contributed by atoms with van der Waals surface area (Å²) in [5.41, 5.74) is 2.67. The lowest BCUT2D eigenvalue weighted by Gasteiger charge is -2.07. The zero-order valence-electron chi connectivity index (χ0n) is 7.76. The van der Waals surface area contributed by atoms with E-state index in [-0.39, 0.29) is 0 Å². The minimum atomic E-state index is 0.598. The molecule has 12 heavy (non-hydrogen) atoms. The van der Waals surface area contributed by atoms with Gasteiger partial charge in [-0.1, -0.05) is 54.2 Å². The second-order valence-corrected chi connectivity index (χ2v) is 4.18. The van der Waals surface area contributed by atoms with Gasteiger partial charge in [0.05, 0.1) is 0 Å². The maximum absolute atomic E-state index is 3.50. The fraction of sp³-hybridized carbons (Fsp3) is 0.400. The van der Waals surface area contributed by atoms with Gasteiger partial charge in [0.1, 0.15) is 7.28 Å². The van der Waals surface area contributed by atoms with Crippen LogP contribution in [0.25, 0.3) is 0 Å². The van der Waals surface area contributed by atoms with E-state index < -0.39 is 0 Å². The normalized spacial score (nSPS) is 10.4. The van der Waals surface area contributed by atoms with Crippen molar-refractivity contribution in [2.45, 2.75) is 26.6 Å². The van der Waals surface area contributed by atoms with Crippen molar-refractivity contribution in [3.63, 3.8) is 0 Å². The van der Waals surface area contributed by atoms with Crippen LogP contribution in [0, 0.1) is 0 Å². The van der Waals surface area contributed by atoms with Gasteiger partial charge in [-0.2, -0.15) is 0 Å². The van der Waals surface area contributed by atoms with E-state index in [2.05, 4.69) is 62.1 Å². The molecule has 0 spiro atoms. The van der Waals surface area contributed by atoms with Crippen molar-refractivity contribution in [2.75, 3.05) is 0 Å². The topological polar surface area (TPSA) is 0 Å². The van der Waals surface area contributed by atoms with Gasteiger partial charge in [0.2, 0.25) is 0 Å². The van der Waals surface area contributed by atoms with Crippen LogP contribution in [0.5, 0.6) is 0 Å². The zero-order chi connectivity index (χ0) is 9.14. The van der Waals surface area contributed by atoms with Crippen molar-refractivity contribution in [3.8, 4) is 0 Å². The number of halogens is 1. The second-order valence-electron chi connectivity index (χ2n) is 3.26. The molecule has 0 N–H and O–H groups in total. The molecule has 0 saturated heterocycles. The molecular formula is C10H13BBr. The Kier molecular flexibility index (Phi) is 3.39. The van der Waals surface area contributed by atoms with E-state index in [0.717, 1.165) is 0 Å². The van der Waals surface area contributed by atoms with Gasteiger partial charge < -0.3 is 0 Å². The molecule has 0 aliphatic carbocycles. The molecule has 0 aromatic heterocycles.